The van der Waals surface area contributed by atoms with E-state index in [2.05, 4.69) is 0 Å². The summed E-state index contributed by atoms with van der Waals surface area (Å²) in [6.07, 6.45) is 3.28. The van der Waals surface area contributed by atoms with E-state index in [9.17, 15) is 4.79 Å². The fraction of sp³-hybridized carbons (Fsp3) is 0.125. The lowest BCUT2D eigenvalue weighted by molar-refractivity contribution is 0.104. The first kappa shape index (κ1) is 21.8. The zero-order valence-corrected chi connectivity index (χ0v) is 18.0. The largest absolute Gasteiger partial charge is 0.497 e. The molecule has 0 atom stereocenters. The van der Waals surface area contributed by atoms with Gasteiger partial charge in [-0.25, -0.2) is 0 Å². The Morgan fingerprint density at radius 2 is 1.73 bits per heavy atom. The Hall–Kier alpha value is -2.95. The fourth-order valence-corrected chi connectivity index (χ4v) is 3.27. The number of carbonyl (C=O) groups is 1. The van der Waals surface area contributed by atoms with Gasteiger partial charge in [0.2, 0.25) is 0 Å². The van der Waals surface area contributed by atoms with Gasteiger partial charge in [0.25, 0.3) is 0 Å². The molecule has 3 aromatic carbocycles. The molecule has 0 unspecified atom stereocenters. The first-order chi connectivity index (χ1) is 14.5. The van der Waals surface area contributed by atoms with Crippen LogP contribution in [-0.2, 0) is 6.61 Å². The summed E-state index contributed by atoms with van der Waals surface area (Å²) in [5, 5.41) is 0.971. The number of benzene rings is 3. The van der Waals surface area contributed by atoms with E-state index in [0.717, 1.165) is 11.1 Å². The highest BCUT2D eigenvalue weighted by Crippen LogP contribution is 2.29. The third kappa shape index (κ3) is 5.56. The molecule has 0 saturated carbocycles. The predicted molar refractivity (Wildman–Crippen MR) is 120 cm³/mol. The molecule has 4 nitrogen and oxygen atoms in total. The van der Waals surface area contributed by atoms with Gasteiger partial charge in [0, 0.05) is 16.1 Å². The maximum Gasteiger partial charge on any atom is 0.185 e. The maximum atomic E-state index is 12.5. The molecule has 0 bridgehead atoms. The van der Waals surface area contributed by atoms with Crippen molar-refractivity contribution in [1.29, 1.82) is 0 Å². The molecule has 0 aromatic heterocycles. The summed E-state index contributed by atoms with van der Waals surface area (Å²) in [5.74, 6) is 1.73. The molecular formula is C24H20Cl2O4. The molecular weight excluding hydrogens is 423 g/mol. The van der Waals surface area contributed by atoms with Gasteiger partial charge < -0.3 is 14.2 Å². The highest BCUT2D eigenvalue weighted by atomic mass is 35.5. The summed E-state index contributed by atoms with van der Waals surface area (Å²) in [5.41, 5.74) is 2.22. The molecule has 0 aliphatic rings. The number of carbonyl (C=O) groups excluding carboxylic acids is 1. The van der Waals surface area contributed by atoms with Crippen molar-refractivity contribution >= 4 is 35.1 Å². The first-order valence-corrected chi connectivity index (χ1v) is 9.87. The van der Waals surface area contributed by atoms with E-state index in [1.54, 1.807) is 62.8 Å². The topological polar surface area (TPSA) is 44.8 Å². The molecule has 3 aromatic rings. The van der Waals surface area contributed by atoms with E-state index >= 15 is 0 Å². The predicted octanol–water partition coefficient (Wildman–Crippen LogP) is 6.49. The van der Waals surface area contributed by atoms with Crippen molar-refractivity contribution in [2.45, 2.75) is 6.61 Å². The molecule has 6 heteroatoms. The van der Waals surface area contributed by atoms with Crippen LogP contribution in [0.4, 0.5) is 0 Å². The van der Waals surface area contributed by atoms with Gasteiger partial charge in [-0.15, -0.1) is 0 Å². The highest BCUT2D eigenvalue weighted by Gasteiger charge is 2.08. The molecule has 0 amide bonds. The van der Waals surface area contributed by atoms with Crippen LogP contribution in [0.1, 0.15) is 21.5 Å². The SMILES string of the molecule is COc1cccc(C(=O)/C=C/c2ccc(OC)c(COc3ccc(Cl)cc3Cl)c2)c1. The molecule has 0 aliphatic heterocycles. The standard InChI is InChI=1S/C24H20Cl2O4/c1-28-20-5-3-4-17(13-20)22(27)9-6-16-7-10-23(29-2)18(12-16)15-30-24-11-8-19(25)14-21(24)26/h3-14H,15H2,1-2H3/b9-6+. The summed E-state index contributed by atoms with van der Waals surface area (Å²) >= 11 is 12.1. The number of methoxy groups -OCH3 is 2. The molecule has 0 saturated heterocycles. The van der Waals surface area contributed by atoms with Crippen molar-refractivity contribution in [2.24, 2.45) is 0 Å². The third-order valence-electron chi connectivity index (χ3n) is 4.36. The van der Waals surface area contributed by atoms with Crippen LogP contribution < -0.4 is 14.2 Å². The van der Waals surface area contributed by atoms with Crippen LogP contribution in [0.5, 0.6) is 17.2 Å². The Balaban J connectivity index is 1.76. The van der Waals surface area contributed by atoms with Crippen LogP contribution in [0.3, 0.4) is 0 Å². The number of ether oxygens (including phenoxy) is 3. The lowest BCUT2D eigenvalue weighted by atomic mass is 10.1. The molecule has 3 rings (SSSR count). The van der Waals surface area contributed by atoms with E-state index in [0.29, 0.717) is 32.9 Å². The summed E-state index contributed by atoms with van der Waals surface area (Å²) in [6.45, 7) is 0.246. The Morgan fingerprint density at radius 3 is 2.47 bits per heavy atom. The molecule has 0 radical (unpaired) electrons. The van der Waals surface area contributed by atoms with Crippen LogP contribution in [0.2, 0.25) is 10.0 Å². The second kappa shape index (κ2) is 10.2. The van der Waals surface area contributed by atoms with Crippen LogP contribution in [0.15, 0.2) is 66.7 Å². The molecule has 0 heterocycles. The Labute approximate surface area is 185 Å². The van der Waals surface area contributed by atoms with Gasteiger partial charge in [-0.2, -0.15) is 0 Å². The number of allylic oxidation sites excluding steroid dienone is 1. The minimum atomic E-state index is -0.115. The number of ketones is 1. The van der Waals surface area contributed by atoms with Gasteiger partial charge in [-0.1, -0.05) is 47.5 Å². The van der Waals surface area contributed by atoms with E-state index < -0.39 is 0 Å². The Kier molecular flexibility index (Phi) is 7.39. The average molecular weight is 443 g/mol. The zero-order valence-electron chi connectivity index (χ0n) is 16.5. The molecule has 0 fully saturated rings. The third-order valence-corrected chi connectivity index (χ3v) is 4.89. The molecule has 0 N–H and O–H groups in total. The van der Waals surface area contributed by atoms with Crippen LogP contribution in [0, 0.1) is 0 Å². The lowest BCUT2D eigenvalue weighted by Gasteiger charge is -2.12. The van der Waals surface area contributed by atoms with Gasteiger partial charge in [0.05, 0.1) is 19.2 Å². The smallest absolute Gasteiger partial charge is 0.185 e. The number of halogens is 2. The lowest BCUT2D eigenvalue weighted by Crippen LogP contribution is -2.00. The van der Waals surface area contributed by atoms with Crippen molar-refractivity contribution < 1.29 is 19.0 Å². The Morgan fingerprint density at radius 1 is 0.933 bits per heavy atom. The minimum Gasteiger partial charge on any atom is -0.497 e. The van der Waals surface area contributed by atoms with Crippen LogP contribution in [-0.4, -0.2) is 20.0 Å². The summed E-state index contributed by atoms with van der Waals surface area (Å²) in [6, 6.07) is 17.7. The quantitative estimate of drug-likeness (QED) is 0.295. The van der Waals surface area contributed by atoms with Crippen LogP contribution >= 0.6 is 23.2 Å². The molecule has 0 aliphatic carbocycles. The van der Waals surface area contributed by atoms with E-state index in [-0.39, 0.29) is 12.4 Å². The van der Waals surface area contributed by atoms with Crippen molar-refractivity contribution in [1.82, 2.24) is 0 Å². The maximum absolute atomic E-state index is 12.5. The fourth-order valence-electron chi connectivity index (χ4n) is 2.81. The number of hydrogen-bond acceptors (Lipinski definition) is 4. The molecule has 30 heavy (non-hydrogen) atoms. The summed E-state index contributed by atoms with van der Waals surface area (Å²) < 4.78 is 16.4. The van der Waals surface area contributed by atoms with Crippen molar-refractivity contribution in [3.05, 3.63) is 93.5 Å². The van der Waals surface area contributed by atoms with Crippen LogP contribution in [0.25, 0.3) is 6.08 Å². The van der Waals surface area contributed by atoms with Gasteiger partial charge in [-0.05, 0) is 54.1 Å². The van der Waals surface area contributed by atoms with E-state index in [1.165, 1.54) is 6.08 Å². The average Bonchev–Trinajstić information content (AvgIpc) is 2.77. The van der Waals surface area contributed by atoms with Crippen molar-refractivity contribution in [3.8, 4) is 17.2 Å². The minimum absolute atomic E-state index is 0.115. The number of rotatable bonds is 8. The van der Waals surface area contributed by atoms with Gasteiger partial charge in [0.1, 0.15) is 23.9 Å². The van der Waals surface area contributed by atoms with Gasteiger partial charge in [-0.3, -0.25) is 4.79 Å². The van der Waals surface area contributed by atoms with E-state index in [4.69, 9.17) is 37.4 Å². The van der Waals surface area contributed by atoms with Gasteiger partial charge in [0.15, 0.2) is 5.78 Å². The first-order valence-electron chi connectivity index (χ1n) is 9.11. The van der Waals surface area contributed by atoms with Gasteiger partial charge >= 0.3 is 0 Å². The second-order valence-electron chi connectivity index (χ2n) is 6.36. The second-order valence-corrected chi connectivity index (χ2v) is 7.21. The zero-order chi connectivity index (χ0) is 21.5. The Bertz CT molecular complexity index is 1080. The van der Waals surface area contributed by atoms with Crippen molar-refractivity contribution in [3.63, 3.8) is 0 Å². The van der Waals surface area contributed by atoms with E-state index in [1.807, 2.05) is 18.2 Å². The number of hydrogen-bond donors (Lipinski definition) is 0. The monoisotopic (exact) mass is 442 g/mol. The summed E-state index contributed by atoms with van der Waals surface area (Å²) in [4.78, 5) is 12.5. The summed E-state index contributed by atoms with van der Waals surface area (Å²) in [7, 11) is 3.16. The highest BCUT2D eigenvalue weighted by molar-refractivity contribution is 6.35. The molecule has 154 valence electrons. The molecule has 0 spiro atoms. The normalized spacial score (nSPS) is 10.8. The van der Waals surface area contributed by atoms with Crippen molar-refractivity contribution in [2.75, 3.05) is 14.2 Å².